The summed E-state index contributed by atoms with van der Waals surface area (Å²) in [5.41, 5.74) is 5.19. The molecule has 1 aromatic heterocycles. The standard InChI is InChI=1S/C8H15N3O2S/c9-2-7-14(12,13)6-1-4-11-5-3-10-8-11/h3,5,8H,1-2,4,6-7,9H2. The number of aromatic nitrogens is 2. The van der Waals surface area contributed by atoms with E-state index in [0.717, 1.165) is 0 Å². The van der Waals surface area contributed by atoms with Crippen LogP contribution in [0.25, 0.3) is 0 Å². The third kappa shape index (κ3) is 3.89. The van der Waals surface area contributed by atoms with Crippen LogP contribution in [0.4, 0.5) is 0 Å². The van der Waals surface area contributed by atoms with E-state index in [1.165, 1.54) is 0 Å². The number of nitrogens with two attached hydrogens (primary N) is 1. The van der Waals surface area contributed by atoms with Gasteiger partial charge in [0, 0.05) is 25.5 Å². The predicted molar refractivity (Wildman–Crippen MR) is 54.6 cm³/mol. The Morgan fingerprint density at radius 1 is 1.36 bits per heavy atom. The number of hydrogen-bond donors (Lipinski definition) is 1. The lowest BCUT2D eigenvalue weighted by atomic mass is 10.5. The van der Waals surface area contributed by atoms with Crippen molar-refractivity contribution in [2.24, 2.45) is 5.73 Å². The molecule has 14 heavy (non-hydrogen) atoms. The third-order valence-electron chi connectivity index (χ3n) is 1.86. The number of sulfone groups is 1. The van der Waals surface area contributed by atoms with Gasteiger partial charge in [-0.3, -0.25) is 0 Å². The Morgan fingerprint density at radius 3 is 2.71 bits per heavy atom. The van der Waals surface area contributed by atoms with Gasteiger partial charge in [-0.15, -0.1) is 0 Å². The summed E-state index contributed by atoms with van der Waals surface area (Å²) in [5, 5.41) is 0. The van der Waals surface area contributed by atoms with Crippen LogP contribution in [0.5, 0.6) is 0 Å². The predicted octanol–water partition coefficient (Wildman–Crippen LogP) is -0.353. The van der Waals surface area contributed by atoms with Crippen molar-refractivity contribution >= 4 is 9.84 Å². The molecule has 1 rings (SSSR count). The summed E-state index contributed by atoms with van der Waals surface area (Å²) in [7, 11) is -2.94. The van der Waals surface area contributed by atoms with Crippen molar-refractivity contribution in [2.45, 2.75) is 13.0 Å². The van der Waals surface area contributed by atoms with Crippen LogP contribution in [0.1, 0.15) is 6.42 Å². The van der Waals surface area contributed by atoms with E-state index in [0.29, 0.717) is 13.0 Å². The molecule has 6 heteroatoms. The van der Waals surface area contributed by atoms with E-state index in [2.05, 4.69) is 4.98 Å². The van der Waals surface area contributed by atoms with Gasteiger partial charge in [0.15, 0.2) is 9.84 Å². The van der Waals surface area contributed by atoms with Crippen molar-refractivity contribution in [1.29, 1.82) is 0 Å². The molecule has 2 N–H and O–H groups in total. The van der Waals surface area contributed by atoms with Crippen LogP contribution < -0.4 is 5.73 Å². The number of nitrogens with zero attached hydrogens (tertiary/aromatic N) is 2. The van der Waals surface area contributed by atoms with Gasteiger partial charge in [-0.05, 0) is 6.42 Å². The first-order valence-corrected chi connectivity index (χ1v) is 6.32. The molecule has 80 valence electrons. The molecule has 0 saturated heterocycles. The van der Waals surface area contributed by atoms with Crippen LogP contribution >= 0.6 is 0 Å². The minimum absolute atomic E-state index is 0.0803. The Balaban J connectivity index is 2.28. The second-order valence-corrected chi connectivity index (χ2v) is 5.40. The SMILES string of the molecule is NCCS(=O)(=O)CCCn1ccnc1. The first-order valence-electron chi connectivity index (χ1n) is 4.50. The topological polar surface area (TPSA) is 78.0 Å². The maximum absolute atomic E-state index is 11.3. The molecule has 0 aliphatic heterocycles. The molecule has 0 radical (unpaired) electrons. The number of imidazole rings is 1. The van der Waals surface area contributed by atoms with E-state index in [1.54, 1.807) is 12.5 Å². The molecule has 0 fully saturated rings. The Morgan fingerprint density at radius 2 is 2.14 bits per heavy atom. The van der Waals surface area contributed by atoms with Gasteiger partial charge in [0.25, 0.3) is 0 Å². The number of hydrogen-bond acceptors (Lipinski definition) is 4. The van der Waals surface area contributed by atoms with Crippen molar-refractivity contribution in [3.8, 4) is 0 Å². The first-order chi connectivity index (χ1) is 6.64. The van der Waals surface area contributed by atoms with Gasteiger partial charge < -0.3 is 10.3 Å². The van der Waals surface area contributed by atoms with E-state index < -0.39 is 9.84 Å². The van der Waals surface area contributed by atoms with E-state index in [4.69, 9.17) is 5.73 Å². The third-order valence-corrected chi connectivity index (χ3v) is 3.63. The van der Waals surface area contributed by atoms with Gasteiger partial charge in [-0.25, -0.2) is 13.4 Å². The molecular formula is C8H15N3O2S. The summed E-state index contributed by atoms with van der Waals surface area (Å²) in [6, 6.07) is 0. The van der Waals surface area contributed by atoms with Crippen molar-refractivity contribution in [3.63, 3.8) is 0 Å². The van der Waals surface area contributed by atoms with Crippen molar-refractivity contribution in [3.05, 3.63) is 18.7 Å². The maximum Gasteiger partial charge on any atom is 0.151 e. The summed E-state index contributed by atoms with van der Waals surface area (Å²) in [4.78, 5) is 3.87. The minimum atomic E-state index is -2.94. The lowest BCUT2D eigenvalue weighted by Crippen LogP contribution is -2.19. The van der Waals surface area contributed by atoms with Crippen molar-refractivity contribution in [1.82, 2.24) is 9.55 Å². The minimum Gasteiger partial charge on any atom is -0.337 e. The fourth-order valence-corrected chi connectivity index (χ4v) is 2.30. The van der Waals surface area contributed by atoms with Gasteiger partial charge in [-0.2, -0.15) is 0 Å². The van der Waals surface area contributed by atoms with E-state index in [1.807, 2.05) is 10.8 Å². The van der Waals surface area contributed by atoms with Crippen LogP contribution in [0.3, 0.4) is 0 Å². The van der Waals surface area contributed by atoms with Crippen LogP contribution in [0.2, 0.25) is 0 Å². The zero-order valence-electron chi connectivity index (χ0n) is 7.96. The largest absolute Gasteiger partial charge is 0.337 e. The van der Waals surface area contributed by atoms with Crippen molar-refractivity contribution in [2.75, 3.05) is 18.1 Å². The summed E-state index contributed by atoms with van der Waals surface area (Å²) < 4.78 is 24.4. The van der Waals surface area contributed by atoms with E-state index >= 15 is 0 Å². The molecule has 0 unspecified atom stereocenters. The van der Waals surface area contributed by atoms with Crippen LogP contribution in [-0.4, -0.2) is 36.0 Å². The summed E-state index contributed by atoms with van der Waals surface area (Å²) in [5.74, 6) is 0.277. The molecular weight excluding hydrogens is 202 g/mol. The fourth-order valence-electron chi connectivity index (χ4n) is 1.17. The molecule has 0 bridgehead atoms. The molecule has 1 heterocycles. The smallest absolute Gasteiger partial charge is 0.151 e. The van der Waals surface area contributed by atoms with Gasteiger partial charge in [0.05, 0.1) is 17.8 Å². The van der Waals surface area contributed by atoms with Crippen LogP contribution in [0.15, 0.2) is 18.7 Å². The molecule has 0 aliphatic carbocycles. The Labute approximate surface area is 83.9 Å². The highest BCUT2D eigenvalue weighted by atomic mass is 32.2. The van der Waals surface area contributed by atoms with Gasteiger partial charge in [0.1, 0.15) is 0 Å². The molecule has 0 atom stereocenters. The summed E-state index contributed by atoms with van der Waals surface area (Å²) >= 11 is 0. The van der Waals surface area contributed by atoms with Gasteiger partial charge in [0.2, 0.25) is 0 Å². The lowest BCUT2D eigenvalue weighted by Gasteiger charge is -2.03. The summed E-state index contributed by atoms with van der Waals surface area (Å²) in [6.07, 6.45) is 5.78. The second-order valence-electron chi connectivity index (χ2n) is 3.09. The maximum atomic E-state index is 11.3. The molecule has 5 nitrogen and oxygen atoms in total. The Bertz CT molecular complexity index is 345. The molecule has 0 spiro atoms. The highest BCUT2D eigenvalue weighted by Crippen LogP contribution is 1.96. The number of rotatable bonds is 6. The van der Waals surface area contributed by atoms with Crippen molar-refractivity contribution < 1.29 is 8.42 Å². The average molecular weight is 217 g/mol. The molecule has 0 aliphatic rings. The monoisotopic (exact) mass is 217 g/mol. The van der Waals surface area contributed by atoms with E-state index in [9.17, 15) is 8.42 Å². The lowest BCUT2D eigenvalue weighted by molar-refractivity contribution is 0.586. The highest BCUT2D eigenvalue weighted by molar-refractivity contribution is 7.91. The zero-order valence-corrected chi connectivity index (χ0v) is 8.78. The Hall–Kier alpha value is -0.880. The second kappa shape index (κ2) is 5.11. The van der Waals surface area contributed by atoms with Gasteiger partial charge in [-0.1, -0.05) is 0 Å². The number of aryl methyl sites for hydroxylation is 1. The summed E-state index contributed by atoms with van der Waals surface area (Å²) in [6.45, 7) is 0.886. The highest BCUT2D eigenvalue weighted by Gasteiger charge is 2.08. The zero-order chi connectivity index (χ0) is 10.4. The normalized spacial score (nSPS) is 11.8. The van der Waals surface area contributed by atoms with E-state index in [-0.39, 0.29) is 18.1 Å². The molecule has 0 aromatic carbocycles. The quantitative estimate of drug-likeness (QED) is 0.706. The fraction of sp³-hybridized carbons (Fsp3) is 0.625. The molecule has 1 aromatic rings. The first kappa shape index (κ1) is 11.2. The van der Waals surface area contributed by atoms with Gasteiger partial charge >= 0.3 is 0 Å². The average Bonchev–Trinajstić information content (AvgIpc) is 2.56. The van der Waals surface area contributed by atoms with Crippen LogP contribution in [-0.2, 0) is 16.4 Å². The molecule has 0 saturated carbocycles. The Kier molecular flexibility index (Phi) is 4.09. The molecule has 0 amide bonds. The van der Waals surface area contributed by atoms with Crippen LogP contribution in [0, 0.1) is 0 Å².